The van der Waals surface area contributed by atoms with Crippen LogP contribution < -0.4 is 11.1 Å². The van der Waals surface area contributed by atoms with Crippen LogP contribution in [0.15, 0.2) is 24.3 Å². The Kier molecular flexibility index (Phi) is 5.41. The van der Waals surface area contributed by atoms with E-state index in [1.807, 2.05) is 24.3 Å². The Morgan fingerprint density at radius 2 is 2.15 bits per heavy atom. The van der Waals surface area contributed by atoms with Crippen molar-refractivity contribution in [1.29, 1.82) is 0 Å². The number of nitrogens with two attached hydrogens (primary N) is 1. The van der Waals surface area contributed by atoms with Crippen LogP contribution in [0, 0.1) is 0 Å². The number of amides is 1. The van der Waals surface area contributed by atoms with Crippen LogP contribution in [0.3, 0.4) is 0 Å². The SMILES string of the molecule is CCCN1CCC(NC(=O)Cc2cccc(N)c2)CC1. The van der Waals surface area contributed by atoms with Gasteiger partial charge in [0.2, 0.25) is 5.91 Å². The van der Waals surface area contributed by atoms with Crippen molar-refractivity contribution in [3.8, 4) is 0 Å². The Bertz CT molecular complexity index is 439. The van der Waals surface area contributed by atoms with Crippen LogP contribution >= 0.6 is 0 Å². The van der Waals surface area contributed by atoms with Crippen molar-refractivity contribution in [3.05, 3.63) is 29.8 Å². The summed E-state index contributed by atoms with van der Waals surface area (Å²) in [5.74, 6) is 0.101. The van der Waals surface area contributed by atoms with Gasteiger partial charge in [-0.1, -0.05) is 19.1 Å². The van der Waals surface area contributed by atoms with Crippen LogP contribution in [-0.2, 0) is 11.2 Å². The van der Waals surface area contributed by atoms with Crippen LogP contribution in [0.2, 0.25) is 0 Å². The highest BCUT2D eigenvalue weighted by Crippen LogP contribution is 2.12. The lowest BCUT2D eigenvalue weighted by Gasteiger charge is -2.32. The van der Waals surface area contributed by atoms with Gasteiger partial charge in [0.1, 0.15) is 0 Å². The Hall–Kier alpha value is -1.55. The second-order valence-electron chi connectivity index (χ2n) is 5.61. The zero-order valence-electron chi connectivity index (χ0n) is 12.3. The third-order valence-corrected chi connectivity index (χ3v) is 3.81. The molecule has 0 saturated carbocycles. The molecular weight excluding hydrogens is 250 g/mol. The third kappa shape index (κ3) is 4.53. The zero-order chi connectivity index (χ0) is 14.4. The minimum Gasteiger partial charge on any atom is -0.399 e. The Balaban J connectivity index is 1.75. The molecule has 20 heavy (non-hydrogen) atoms. The molecule has 1 saturated heterocycles. The highest BCUT2D eigenvalue weighted by atomic mass is 16.1. The fraction of sp³-hybridized carbons (Fsp3) is 0.562. The molecule has 0 aromatic heterocycles. The number of hydrogen-bond donors (Lipinski definition) is 2. The van der Waals surface area contributed by atoms with E-state index in [0.29, 0.717) is 18.2 Å². The summed E-state index contributed by atoms with van der Waals surface area (Å²) in [6.07, 6.45) is 3.73. The highest BCUT2D eigenvalue weighted by Gasteiger charge is 2.19. The van der Waals surface area contributed by atoms with Crippen molar-refractivity contribution >= 4 is 11.6 Å². The third-order valence-electron chi connectivity index (χ3n) is 3.81. The van der Waals surface area contributed by atoms with Crippen molar-refractivity contribution in [2.24, 2.45) is 0 Å². The molecule has 0 atom stereocenters. The van der Waals surface area contributed by atoms with Gasteiger partial charge >= 0.3 is 0 Å². The Labute approximate surface area is 121 Å². The molecule has 3 N–H and O–H groups in total. The molecular formula is C16H25N3O. The molecule has 1 aliphatic heterocycles. The fourth-order valence-electron chi connectivity index (χ4n) is 2.78. The van der Waals surface area contributed by atoms with Gasteiger partial charge in [-0.2, -0.15) is 0 Å². The number of nitrogens with one attached hydrogen (secondary N) is 1. The molecule has 2 rings (SSSR count). The number of piperidine rings is 1. The van der Waals surface area contributed by atoms with Crippen molar-refractivity contribution in [2.45, 2.75) is 38.6 Å². The van der Waals surface area contributed by atoms with E-state index in [0.717, 1.165) is 31.5 Å². The van der Waals surface area contributed by atoms with Crippen LogP contribution in [-0.4, -0.2) is 36.5 Å². The number of anilines is 1. The summed E-state index contributed by atoms with van der Waals surface area (Å²) in [5, 5.41) is 3.14. The first-order chi connectivity index (χ1) is 9.67. The molecule has 0 unspecified atom stereocenters. The number of nitrogens with zero attached hydrogens (tertiary/aromatic N) is 1. The molecule has 0 bridgehead atoms. The van der Waals surface area contributed by atoms with E-state index in [2.05, 4.69) is 17.1 Å². The lowest BCUT2D eigenvalue weighted by atomic mass is 10.0. The second-order valence-corrected chi connectivity index (χ2v) is 5.61. The van der Waals surface area contributed by atoms with E-state index in [4.69, 9.17) is 5.73 Å². The van der Waals surface area contributed by atoms with Gasteiger partial charge in [-0.3, -0.25) is 4.79 Å². The minimum atomic E-state index is 0.101. The quantitative estimate of drug-likeness (QED) is 0.806. The van der Waals surface area contributed by atoms with Gasteiger partial charge in [0, 0.05) is 24.8 Å². The first kappa shape index (κ1) is 14.9. The largest absolute Gasteiger partial charge is 0.399 e. The monoisotopic (exact) mass is 275 g/mol. The second kappa shape index (κ2) is 7.29. The van der Waals surface area contributed by atoms with Gasteiger partial charge in [0.15, 0.2) is 0 Å². The van der Waals surface area contributed by atoms with E-state index < -0.39 is 0 Å². The Morgan fingerprint density at radius 1 is 1.40 bits per heavy atom. The lowest BCUT2D eigenvalue weighted by molar-refractivity contribution is -0.121. The predicted octanol–water partition coefficient (Wildman–Crippen LogP) is 1.80. The number of benzene rings is 1. The van der Waals surface area contributed by atoms with Crippen molar-refractivity contribution < 1.29 is 4.79 Å². The first-order valence-corrected chi connectivity index (χ1v) is 7.53. The van der Waals surface area contributed by atoms with Gasteiger partial charge in [0.05, 0.1) is 6.42 Å². The van der Waals surface area contributed by atoms with Crippen LogP contribution in [0.5, 0.6) is 0 Å². The van der Waals surface area contributed by atoms with E-state index >= 15 is 0 Å². The average Bonchev–Trinajstić information content (AvgIpc) is 2.41. The van der Waals surface area contributed by atoms with Gasteiger partial charge < -0.3 is 16.0 Å². The summed E-state index contributed by atoms with van der Waals surface area (Å²) in [4.78, 5) is 14.5. The number of nitrogen functional groups attached to an aromatic ring is 1. The molecule has 1 heterocycles. The highest BCUT2D eigenvalue weighted by molar-refractivity contribution is 5.79. The number of carbonyl (C=O) groups excluding carboxylic acids is 1. The number of rotatable bonds is 5. The summed E-state index contributed by atoms with van der Waals surface area (Å²) in [6.45, 7) is 5.57. The molecule has 1 aromatic carbocycles. The summed E-state index contributed by atoms with van der Waals surface area (Å²) in [5.41, 5.74) is 7.41. The average molecular weight is 275 g/mol. The molecule has 4 nitrogen and oxygen atoms in total. The molecule has 4 heteroatoms. The van der Waals surface area contributed by atoms with Gasteiger partial charge in [-0.25, -0.2) is 0 Å². The maximum absolute atomic E-state index is 12.0. The van der Waals surface area contributed by atoms with Gasteiger partial charge in [-0.15, -0.1) is 0 Å². The van der Waals surface area contributed by atoms with Crippen LogP contribution in [0.4, 0.5) is 5.69 Å². The zero-order valence-corrected chi connectivity index (χ0v) is 12.3. The molecule has 0 radical (unpaired) electrons. The normalized spacial score (nSPS) is 17.1. The van der Waals surface area contributed by atoms with Crippen molar-refractivity contribution in [3.63, 3.8) is 0 Å². The summed E-state index contributed by atoms with van der Waals surface area (Å²) in [7, 11) is 0. The van der Waals surface area contributed by atoms with Crippen molar-refractivity contribution in [2.75, 3.05) is 25.4 Å². The number of likely N-dealkylation sites (tertiary alicyclic amines) is 1. The predicted molar refractivity (Wildman–Crippen MR) is 82.5 cm³/mol. The van der Waals surface area contributed by atoms with Crippen LogP contribution in [0.1, 0.15) is 31.7 Å². The summed E-state index contributed by atoms with van der Waals surface area (Å²) >= 11 is 0. The van der Waals surface area contributed by atoms with Gasteiger partial charge in [0.25, 0.3) is 0 Å². The van der Waals surface area contributed by atoms with Crippen LogP contribution in [0.25, 0.3) is 0 Å². The number of hydrogen-bond acceptors (Lipinski definition) is 3. The summed E-state index contributed by atoms with van der Waals surface area (Å²) < 4.78 is 0. The molecule has 1 aliphatic rings. The maximum Gasteiger partial charge on any atom is 0.224 e. The molecule has 1 amide bonds. The Morgan fingerprint density at radius 3 is 2.80 bits per heavy atom. The standard InChI is InChI=1S/C16H25N3O/c1-2-8-19-9-6-15(7-10-19)18-16(20)12-13-4-3-5-14(17)11-13/h3-5,11,15H,2,6-10,12,17H2,1H3,(H,18,20). The van der Waals surface area contributed by atoms with E-state index in [1.165, 1.54) is 13.0 Å². The topological polar surface area (TPSA) is 58.4 Å². The molecule has 1 fully saturated rings. The van der Waals surface area contributed by atoms with E-state index in [9.17, 15) is 4.79 Å². The first-order valence-electron chi connectivity index (χ1n) is 7.53. The molecule has 0 spiro atoms. The van der Waals surface area contributed by atoms with Gasteiger partial charge in [-0.05, 0) is 43.5 Å². The maximum atomic E-state index is 12.0. The minimum absolute atomic E-state index is 0.101. The van der Waals surface area contributed by atoms with E-state index in [1.54, 1.807) is 0 Å². The fourth-order valence-corrected chi connectivity index (χ4v) is 2.78. The van der Waals surface area contributed by atoms with Crippen molar-refractivity contribution in [1.82, 2.24) is 10.2 Å². The molecule has 110 valence electrons. The van der Waals surface area contributed by atoms with E-state index in [-0.39, 0.29) is 5.91 Å². The number of carbonyl (C=O) groups is 1. The molecule has 0 aliphatic carbocycles. The smallest absolute Gasteiger partial charge is 0.224 e. The summed E-state index contributed by atoms with van der Waals surface area (Å²) in [6, 6.07) is 7.87. The molecule has 1 aromatic rings. The lowest BCUT2D eigenvalue weighted by Crippen LogP contribution is -2.45.